The van der Waals surface area contributed by atoms with Gasteiger partial charge < -0.3 is 10.1 Å². The summed E-state index contributed by atoms with van der Waals surface area (Å²) in [6.45, 7) is 1.15. The monoisotopic (exact) mass is 512 g/mol. The highest BCUT2D eigenvalue weighted by molar-refractivity contribution is 7.89. The second kappa shape index (κ2) is 10.5. The van der Waals surface area contributed by atoms with Gasteiger partial charge >= 0.3 is 6.18 Å². The van der Waals surface area contributed by atoms with E-state index in [0.717, 1.165) is 17.7 Å². The number of ether oxygens (including phenoxy) is 1. The van der Waals surface area contributed by atoms with Crippen LogP contribution in [0.3, 0.4) is 0 Å². The molecule has 2 N–H and O–H groups in total. The number of nitrogens with one attached hydrogen (secondary N) is 2. The third-order valence-corrected chi connectivity index (χ3v) is 6.51. The van der Waals surface area contributed by atoms with Crippen molar-refractivity contribution >= 4 is 33.2 Å². The van der Waals surface area contributed by atoms with E-state index in [1.807, 2.05) is 6.07 Å². The zero-order valence-corrected chi connectivity index (χ0v) is 19.3. The number of hydrogen-bond acceptors (Lipinski definition) is 4. The molecule has 0 spiro atoms. The maximum atomic E-state index is 12.8. The zero-order chi connectivity index (χ0) is 24.9. The van der Waals surface area contributed by atoms with Gasteiger partial charge in [-0.3, -0.25) is 4.79 Å². The van der Waals surface area contributed by atoms with Gasteiger partial charge in [-0.05, 0) is 48.9 Å². The molecule has 1 atom stereocenters. The van der Waals surface area contributed by atoms with E-state index in [-0.39, 0.29) is 21.4 Å². The lowest BCUT2D eigenvalue weighted by atomic mass is 10.1. The van der Waals surface area contributed by atoms with E-state index in [1.54, 1.807) is 31.2 Å². The van der Waals surface area contributed by atoms with Crippen molar-refractivity contribution in [3.05, 3.63) is 88.9 Å². The number of carbonyl (C=O) groups is 1. The summed E-state index contributed by atoms with van der Waals surface area (Å²) in [5, 5.41) is 2.25. The molecule has 3 aromatic rings. The molecule has 0 aliphatic heterocycles. The van der Waals surface area contributed by atoms with Crippen molar-refractivity contribution in [1.29, 1.82) is 0 Å². The van der Waals surface area contributed by atoms with Gasteiger partial charge in [0.1, 0.15) is 5.75 Å². The quantitative estimate of drug-likeness (QED) is 0.422. The standard InChI is InChI=1S/C23H20ClF3N2O4S/c1-15(16-6-3-2-4-7-16)29-34(31,32)19-10-11-21(20(24)13-19)33-14-22(30)28-18-9-5-8-17(12-18)23(25,26)27/h2-13,15,29H,14H2,1H3,(H,28,30). The topological polar surface area (TPSA) is 84.5 Å². The van der Waals surface area contributed by atoms with E-state index < -0.39 is 40.3 Å². The minimum Gasteiger partial charge on any atom is -0.482 e. The van der Waals surface area contributed by atoms with Crippen molar-refractivity contribution in [3.8, 4) is 5.75 Å². The number of alkyl halides is 3. The van der Waals surface area contributed by atoms with Crippen LogP contribution in [0.2, 0.25) is 5.02 Å². The molecule has 0 fully saturated rings. The lowest BCUT2D eigenvalue weighted by Crippen LogP contribution is -2.27. The molecule has 0 aliphatic rings. The van der Waals surface area contributed by atoms with Gasteiger partial charge in [-0.15, -0.1) is 0 Å². The molecule has 0 heterocycles. The van der Waals surface area contributed by atoms with Gasteiger partial charge in [0.15, 0.2) is 6.61 Å². The number of carbonyl (C=O) groups excluding carboxylic acids is 1. The molecule has 0 saturated heterocycles. The maximum Gasteiger partial charge on any atom is 0.416 e. The largest absolute Gasteiger partial charge is 0.482 e. The number of benzene rings is 3. The molecule has 3 rings (SSSR count). The summed E-state index contributed by atoms with van der Waals surface area (Å²) >= 11 is 6.13. The molecule has 180 valence electrons. The number of anilines is 1. The molecular formula is C23H20ClF3N2O4S. The molecule has 0 aromatic heterocycles. The van der Waals surface area contributed by atoms with Gasteiger partial charge in [-0.1, -0.05) is 48.0 Å². The molecule has 0 saturated carbocycles. The molecule has 34 heavy (non-hydrogen) atoms. The molecule has 6 nitrogen and oxygen atoms in total. The number of halogens is 4. The Labute approximate surface area is 199 Å². The molecule has 3 aromatic carbocycles. The van der Waals surface area contributed by atoms with E-state index in [4.69, 9.17) is 16.3 Å². The van der Waals surface area contributed by atoms with Crippen LogP contribution in [0.4, 0.5) is 18.9 Å². The van der Waals surface area contributed by atoms with Crippen LogP contribution in [0.5, 0.6) is 5.75 Å². The van der Waals surface area contributed by atoms with Crippen LogP contribution in [-0.4, -0.2) is 20.9 Å². The normalized spacial score (nSPS) is 12.7. The Kier molecular flexibility index (Phi) is 7.86. The van der Waals surface area contributed by atoms with Crippen molar-refractivity contribution in [2.24, 2.45) is 0 Å². The Morgan fingerprint density at radius 2 is 1.74 bits per heavy atom. The third kappa shape index (κ3) is 6.72. The van der Waals surface area contributed by atoms with Gasteiger partial charge in [-0.25, -0.2) is 13.1 Å². The van der Waals surface area contributed by atoms with E-state index in [0.29, 0.717) is 0 Å². The maximum absolute atomic E-state index is 12.8. The first kappa shape index (κ1) is 25.5. The van der Waals surface area contributed by atoms with E-state index in [2.05, 4.69) is 10.0 Å². The second-order valence-corrected chi connectivity index (χ2v) is 9.38. The Hall–Kier alpha value is -3.08. The second-order valence-electron chi connectivity index (χ2n) is 7.26. The van der Waals surface area contributed by atoms with Gasteiger partial charge in [-0.2, -0.15) is 13.2 Å². The van der Waals surface area contributed by atoms with Crippen molar-refractivity contribution < 1.29 is 31.1 Å². The molecule has 11 heteroatoms. The summed E-state index contributed by atoms with van der Waals surface area (Å²) in [5.41, 5.74) is -0.167. The minimum atomic E-state index is -4.54. The van der Waals surface area contributed by atoms with Gasteiger partial charge in [0.2, 0.25) is 10.0 Å². The molecule has 0 bridgehead atoms. The van der Waals surface area contributed by atoms with E-state index >= 15 is 0 Å². The van der Waals surface area contributed by atoms with Crippen LogP contribution in [0.1, 0.15) is 24.1 Å². The number of hydrogen-bond donors (Lipinski definition) is 2. The summed E-state index contributed by atoms with van der Waals surface area (Å²) in [4.78, 5) is 12.0. The molecule has 0 aliphatic carbocycles. The van der Waals surface area contributed by atoms with Crippen LogP contribution in [0, 0.1) is 0 Å². The lowest BCUT2D eigenvalue weighted by Gasteiger charge is -2.15. The van der Waals surface area contributed by atoms with Gasteiger partial charge in [0.25, 0.3) is 5.91 Å². The fourth-order valence-electron chi connectivity index (χ4n) is 2.99. The average Bonchev–Trinajstić information content (AvgIpc) is 2.78. The van der Waals surface area contributed by atoms with Crippen LogP contribution in [0.25, 0.3) is 0 Å². The molecule has 1 amide bonds. The Balaban J connectivity index is 1.62. The summed E-state index contributed by atoms with van der Waals surface area (Å²) in [6.07, 6.45) is -4.54. The van der Waals surface area contributed by atoms with Gasteiger partial charge in [0.05, 0.1) is 15.5 Å². The summed E-state index contributed by atoms with van der Waals surface area (Å²) < 4.78 is 71.6. The SMILES string of the molecule is CC(NS(=O)(=O)c1ccc(OCC(=O)Nc2cccc(C(F)(F)F)c2)c(Cl)c1)c1ccccc1. The van der Waals surface area contributed by atoms with E-state index in [9.17, 15) is 26.4 Å². The van der Waals surface area contributed by atoms with Crippen LogP contribution in [0.15, 0.2) is 77.7 Å². The number of amides is 1. The Morgan fingerprint density at radius 1 is 1.03 bits per heavy atom. The minimum absolute atomic E-state index is 0.0379. The fraction of sp³-hybridized carbons (Fsp3) is 0.174. The summed E-state index contributed by atoms with van der Waals surface area (Å²) in [5.74, 6) is -0.679. The third-order valence-electron chi connectivity index (χ3n) is 4.68. The lowest BCUT2D eigenvalue weighted by molar-refractivity contribution is -0.137. The Bertz CT molecular complexity index is 1270. The molecule has 0 radical (unpaired) electrons. The van der Waals surface area contributed by atoms with Crippen LogP contribution >= 0.6 is 11.6 Å². The van der Waals surface area contributed by atoms with Crippen LogP contribution in [-0.2, 0) is 21.0 Å². The van der Waals surface area contributed by atoms with Crippen molar-refractivity contribution in [2.75, 3.05) is 11.9 Å². The van der Waals surface area contributed by atoms with E-state index in [1.165, 1.54) is 30.3 Å². The molecular weight excluding hydrogens is 493 g/mol. The first-order chi connectivity index (χ1) is 16.0. The predicted molar refractivity (Wildman–Crippen MR) is 122 cm³/mol. The fourth-order valence-corrected chi connectivity index (χ4v) is 4.55. The van der Waals surface area contributed by atoms with Gasteiger partial charge in [0, 0.05) is 11.7 Å². The first-order valence-electron chi connectivity index (χ1n) is 9.92. The smallest absolute Gasteiger partial charge is 0.416 e. The highest BCUT2D eigenvalue weighted by atomic mass is 35.5. The average molecular weight is 513 g/mol. The number of rotatable bonds is 8. The van der Waals surface area contributed by atoms with Crippen molar-refractivity contribution in [2.45, 2.75) is 24.0 Å². The van der Waals surface area contributed by atoms with Crippen molar-refractivity contribution in [3.63, 3.8) is 0 Å². The summed E-state index contributed by atoms with van der Waals surface area (Å²) in [6, 6.07) is 16.4. The van der Waals surface area contributed by atoms with Crippen LogP contribution < -0.4 is 14.8 Å². The molecule has 1 unspecified atom stereocenters. The summed E-state index contributed by atoms with van der Waals surface area (Å²) in [7, 11) is -3.90. The highest BCUT2D eigenvalue weighted by Gasteiger charge is 2.30. The predicted octanol–water partition coefficient (Wildman–Crippen LogP) is 5.42. The number of sulfonamides is 1. The highest BCUT2D eigenvalue weighted by Crippen LogP contribution is 2.31. The Morgan fingerprint density at radius 3 is 2.38 bits per heavy atom. The zero-order valence-electron chi connectivity index (χ0n) is 17.8. The first-order valence-corrected chi connectivity index (χ1v) is 11.8. The van der Waals surface area contributed by atoms with Crippen molar-refractivity contribution in [1.82, 2.24) is 4.72 Å².